The van der Waals surface area contributed by atoms with E-state index in [1.54, 1.807) is 6.07 Å². The molecule has 3 aliphatic rings. The number of aliphatic imine (C=N–C) groups is 1. The lowest BCUT2D eigenvalue weighted by Gasteiger charge is -2.55. The molecule has 5 rings (SSSR count). The van der Waals surface area contributed by atoms with Crippen molar-refractivity contribution in [2.45, 2.75) is 122 Å². The molecule has 6 N–H and O–H groups in total. The number of hydrogen-bond donors (Lipinski definition) is 5. The van der Waals surface area contributed by atoms with Crippen LogP contribution < -0.4 is 21.7 Å². The number of amidine groups is 1. The number of nitrogens with one attached hydrogen (secondary N) is 3. The Kier molecular flexibility index (Phi) is 13.6. The molecule has 2 fully saturated rings. The van der Waals surface area contributed by atoms with E-state index < -0.39 is 11.5 Å². The fraction of sp³-hybridized carbons (Fsp3) is 0.628. The minimum atomic E-state index is -0.703. The van der Waals surface area contributed by atoms with Gasteiger partial charge in [0.25, 0.3) is 0 Å². The monoisotopic (exact) mass is 728 g/mol. The smallest absolute Gasteiger partial charge is 0.242 e. The molecule has 3 amide bonds. The summed E-state index contributed by atoms with van der Waals surface area (Å²) in [4.78, 5) is 47.5. The average Bonchev–Trinajstić information content (AvgIpc) is 3.87. The van der Waals surface area contributed by atoms with Crippen molar-refractivity contribution in [3.05, 3.63) is 65.2 Å². The average molecular weight is 729 g/mol. The number of amides is 3. The number of hydrogen-bond acceptors (Lipinski definition) is 6. The van der Waals surface area contributed by atoms with Crippen LogP contribution >= 0.6 is 0 Å². The maximum atomic E-state index is 14.1. The summed E-state index contributed by atoms with van der Waals surface area (Å²) < 4.78 is 0. The molecule has 0 unspecified atom stereocenters. The highest BCUT2D eigenvalue weighted by atomic mass is 16.3. The van der Waals surface area contributed by atoms with Gasteiger partial charge in [0.05, 0.1) is 17.8 Å². The Bertz CT molecular complexity index is 1600. The number of rotatable bonds is 19. The minimum absolute atomic E-state index is 0.000845. The molecule has 290 valence electrons. The molecule has 2 aromatic rings. The first kappa shape index (κ1) is 40.3. The first-order valence-electron chi connectivity index (χ1n) is 20.1. The van der Waals surface area contributed by atoms with Gasteiger partial charge in [-0.25, -0.2) is 0 Å². The van der Waals surface area contributed by atoms with E-state index >= 15 is 0 Å². The fourth-order valence-electron chi connectivity index (χ4n) is 8.93. The van der Waals surface area contributed by atoms with Crippen molar-refractivity contribution >= 4 is 23.6 Å². The second kappa shape index (κ2) is 17.9. The van der Waals surface area contributed by atoms with Gasteiger partial charge >= 0.3 is 0 Å². The summed E-state index contributed by atoms with van der Waals surface area (Å²) in [6, 6.07) is 15.5. The third kappa shape index (κ3) is 9.61. The van der Waals surface area contributed by atoms with Gasteiger partial charge in [-0.1, -0.05) is 77.4 Å². The summed E-state index contributed by atoms with van der Waals surface area (Å²) in [5.41, 5.74) is 8.81. The molecule has 10 heteroatoms. The Balaban J connectivity index is 1.14. The van der Waals surface area contributed by atoms with E-state index in [0.717, 1.165) is 82.3 Å². The van der Waals surface area contributed by atoms with Crippen LogP contribution in [-0.4, -0.2) is 78.4 Å². The van der Waals surface area contributed by atoms with Crippen LogP contribution in [0.5, 0.6) is 5.75 Å². The molecule has 1 aliphatic heterocycles. The molecule has 10 nitrogen and oxygen atoms in total. The van der Waals surface area contributed by atoms with Gasteiger partial charge in [-0.3, -0.25) is 24.3 Å². The fourth-order valence-corrected chi connectivity index (χ4v) is 8.93. The van der Waals surface area contributed by atoms with Crippen molar-refractivity contribution in [1.82, 2.24) is 20.9 Å². The van der Waals surface area contributed by atoms with Crippen LogP contribution in [0.1, 0.15) is 109 Å². The van der Waals surface area contributed by atoms with Crippen molar-refractivity contribution in [1.29, 1.82) is 0 Å². The first-order chi connectivity index (χ1) is 25.4. The van der Waals surface area contributed by atoms with Gasteiger partial charge in [-0.2, -0.15) is 0 Å². The standard InChI is InChI=1S/C43H64N6O4/c1-6-7-16-38(44)45-20-12-9-13-21-46-40(52)36(23-29(2)3)48-39(51)27-47-41(53)43(32-14-10-8-11-15-32)26-33(43)28-49-22-19-42(5)30(4)37(49)24-31-17-18-34(50)25-35(31)42/h8,10-11,14-15,17-18,25,29-30,33,36-37,50H,6-7,9,12-13,16,19-24,26-28H2,1-5H3,(H2,44,45)(H,46,52)(H,47,53)(H,48,51)/t30-,33-,36+,37-,42-,43+/m1/s1. The maximum Gasteiger partial charge on any atom is 0.242 e. The summed E-state index contributed by atoms with van der Waals surface area (Å²) in [6.07, 6.45) is 8.82. The topological polar surface area (TPSA) is 149 Å². The van der Waals surface area contributed by atoms with Crippen molar-refractivity contribution in [2.24, 2.45) is 28.5 Å². The Morgan fingerprint density at radius 1 is 1.06 bits per heavy atom. The van der Waals surface area contributed by atoms with Gasteiger partial charge in [0.15, 0.2) is 0 Å². The molecule has 2 bridgehead atoms. The van der Waals surface area contributed by atoms with Gasteiger partial charge < -0.3 is 26.8 Å². The van der Waals surface area contributed by atoms with Gasteiger partial charge in [-0.15, -0.1) is 0 Å². The predicted octanol–water partition coefficient (Wildman–Crippen LogP) is 5.36. The van der Waals surface area contributed by atoms with E-state index in [1.165, 1.54) is 11.1 Å². The van der Waals surface area contributed by atoms with Gasteiger partial charge in [-0.05, 0) is 110 Å². The number of benzene rings is 2. The molecule has 6 atom stereocenters. The number of unbranched alkanes of at least 4 members (excludes halogenated alkanes) is 3. The summed E-state index contributed by atoms with van der Waals surface area (Å²) in [7, 11) is 0. The predicted molar refractivity (Wildman–Crippen MR) is 212 cm³/mol. The Labute approximate surface area is 317 Å². The van der Waals surface area contributed by atoms with Crippen LogP contribution in [0.15, 0.2) is 53.5 Å². The summed E-state index contributed by atoms with van der Waals surface area (Å²) in [5.74, 6) is 1.07. The van der Waals surface area contributed by atoms with E-state index in [4.69, 9.17) is 5.73 Å². The molecule has 0 aromatic heterocycles. The van der Waals surface area contributed by atoms with Crippen molar-refractivity contribution in [2.75, 3.05) is 32.7 Å². The zero-order valence-electron chi connectivity index (χ0n) is 32.8. The molecular formula is C43H64N6O4. The zero-order valence-corrected chi connectivity index (χ0v) is 32.8. The van der Waals surface area contributed by atoms with E-state index in [-0.39, 0.29) is 41.5 Å². The van der Waals surface area contributed by atoms with E-state index in [0.29, 0.717) is 37.2 Å². The maximum absolute atomic E-state index is 14.1. The lowest BCUT2D eigenvalue weighted by molar-refractivity contribution is -0.130. The van der Waals surface area contributed by atoms with Crippen molar-refractivity contribution < 1.29 is 19.5 Å². The normalized spacial score (nSPS) is 25.7. The number of aromatic hydroxyl groups is 1. The SMILES string of the molecule is CCCCC(N)=NCCCCCNC(=O)[C@H](CC(C)C)NC(=O)CNC(=O)[C@]1(c2ccccc2)C[C@@H]1CN1CC[C@@]2(C)c3cc(O)ccc3C[C@@H]1[C@H]2C. The number of likely N-dealkylation sites (tertiary alicyclic amines) is 1. The molecule has 1 saturated carbocycles. The van der Waals surface area contributed by atoms with E-state index in [9.17, 15) is 19.5 Å². The third-order valence-electron chi connectivity index (χ3n) is 12.4. The molecule has 0 spiro atoms. The highest BCUT2D eigenvalue weighted by molar-refractivity contribution is 5.95. The largest absolute Gasteiger partial charge is 0.508 e. The summed E-state index contributed by atoms with van der Waals surface area (Å²) >= 11 is 0. The second-order valence-corrected chi connectivity index (χ2v) is 16.6. The van der Waals surface area contributed by atoms with Crippen LogP contribution in [0.2, 0.25) is 0 Å². The van der Waals surface area contributed by atoms with Crippen molar-refractivity contribution in [3.63, 3.8) is 0 Å². The quantitative estimate of drug-likeness (QED) is 0.0748. The number of carbonyl (C=O) groups is 3. The number of nitrogens with zero attached hydrogens (tertiary/aromatic N) is 2. The van der Waals surface area contributed by atoms with Gasteiger partial charge in [0.2, 0.25) is 17.7 Å². The van der Waals surface area contributed by atoms with Crippen LogP contribution in [0.25, 0.3) is 0 Å². The van der Waals surface area contributed by atoms with Gasteiger partial charge in [0.1, 0.15) is 11.8 Å². The lowest BCUT2D eigenvalue weighted by atomic mass is 9.59. The van der Waals surface area contributed by atoms with Crippen LogP contribution in [0.3, 0.4) is 0 Å². The first-order valence-corrected chi connectivity index (χ1v) is 20.1. The molecular weight excluding hydrogens is 665 g/mol. The molecule has 1 saturated heterocycles. The minimum Gasteiger partial charge on any atom is -0.508 e. The molecule has 0 radical (unpaired) electrons. The van der Waals surface area contributed by atoms with Crippen LogP contribution in [0, 0.1) is 17.8 Å². The lowest BCUT2D eigenvalue weighted by Crippen LogP contribution is -2.58. The van der Waals surface area contributed by atoms with Gasteiger partial charge in [0, 0.05) is 32.1 Å². The Morgan fingerprint density at radius 2 is 1.83 bits per heavy atom. The summed E-state index contributed by atoms with van der Waals surface area (Å²) in [6.45, 7) is 13.7. The third-order valence-corrected chi connectivity index (χ3v) is 12.4. The van der Waals surface area contributed by atoms with Crippen LogP contribution in [-0.2, 0) is 31.6 Å². The van der Waals surface area contributed by atoms with E-state index in [2.05, 4.69) is 52.7 Å². The number of phenols is 1. The molecule has 1 heterocycles. The number of nitrogens with two attached hydrogens (primary N) is 1. The highest BCUT2D eigenvalue weighted by Gasteiger charge is 2.62. The Morgan fingerprint density at radius 3 is 2.57 bits per heavy atom. The number of fused-ring (bicyclic) bond motifs is 4. The number of carbonyl (C=O) groups excluding carboxylic acids is 3. The molecule has 2 aromatic carbocycles. The van der Waals surface area contributed by atoms with Crippen LogP contribution in [0.4, 0.5) is 0 Å². The number of piperidine rings is 1. The second-order valence-electron chi connectivity index (χ2n) is 16.6. The molecule has 53 heavy (non-hydrogen) atoms. The van der Waals surface area contributed by atoms with E-state index in [1.807, 2.05) is 50.2 Å². The highest BCUT2D eigenvalue weighted by Crippen LogP contribution is 2.56. The zero-order chi connectivity index (χ0) is 38.2. The Hall–Kier alpha value is -3.92. The summed E-state index contributed by atoms with van der Waals surface area (Å²) in [5, 5.41) is 19.1. The molecule has 2 aliphatic carbocycles. The number of phenolic OH excluding ortho intramolecular Hbond substituents is 1. The van der Waals surface area contributed by atoms with Crippen molar-refractivity contribution in [3.8, 4) is 5.75 Å².